The summed E-state index contributed by atoms with van der Waals surface area (Å²) in [5, 5.41) is 8.73. The lowest BCUT2D eigenvalue weighted by atomic mass is 10.2. The predicted octanol–water partition coefficient (Wildman–Crippen LogP) is -0.00450. The molecule has 1 rings (SSSR count). The van der Waals surface area contributed by atoms with E-state index in [9.17, 15) is 17.2 Å². The van der Waals surface area contributed by atoms with Gasteiger partial charge in [0.05, 0.1) is 6.61 Å². The van der Waals surface area contributed by atoms with Gasteiger partial charge in [0.25, 0.3) is 10.0 Å². The minimum absolute atomic E-state index is 0.0813. The zero-order chi connectivity index (χ0) is 10.1. The average Bonchev–Trinajstić information content (AvgIpc) is 2.51. The molecule has 1 fully saturated rings. The van der Waals surface area contributed by atoms with E-state index >= 15 is 0 Å². The van der Waals surface area contributed by atoms with Crippen LogP contribution in [0.3, 0.4) is 0 Å². The largest absolute Gasteiger partial charge is 0.395 e. The highest BCUT2D eigenvalue weighted by Gasteiger charge is 2.39. The minimum Gasteiger partial charge on any atom is -0.395 e. The summed E-state index contributed by atoms with van der Waals surface area (Å²) in [5.74, 6) is -3.39. The summed E-state index contributed by atoms with van der Waals surface area (Å²) in [6.07, 6.45) is 0.972. The summed E-state index contributed by atoms with van der Waals surface area (Å²) in [6, 6.07) is -0.668. The van der Waals surface area contributed by atoms with Crippen LogP contribution < -0.4 is 0 Å². The zero-order valence-corrected chi connectivity index (χ0v) is 7.67. The standard InChI is InChI=1S/C6H11F2NO3S/c7-6(8)13(11,12)9-3-1-2-5(9)4-10/h5-6,10H,1-4H2/t5-/m1/s1. The Morgan fingerprint density at radius 2 is 2.15 bits per heavy atom. The minimum atomic E-state index is -4.50. The molecular weight excluding hydrogens is 204 g/mol. The summed E-state index contributed by atoms with van der Waals surface area (Å²) < 4.78 is 46.8. The zero-order valence-electron chi connectivity index (χ0n) is 6.86. The van der Waals surface area contributed by atoms with E-state index < -0.39 is 28.4 Å². The molecule has 0 aromatic carbocycles. The highest BCUT2D eigenvalue weighted by Crippen LogP contribution is 2.23. The molecule has 7 heteroatoms. The van der Waals surface area contributed by atoms with Crippen LogP contribution in [-0.2, 0) is 10.0 Å². The summed E-state index contributed by atoms with van der Waals surface area (Å²) in [7, 11) is -4.50. The molecule has 78 valence electrons. The second-order valence-corrected chi connectivity index (χ2v) is 4.75. The van der Waals surface area contributed by atoms with E-state index in [0.717, 1.165) is 0 Å². The Morgan fingerprint density at radius 1 is 1.54 bits per heavy atom. The first-order valence-electron chi connectivity index (χ1n) is 3.90. The van der Waals surface area contributed by atoms with Gasteiger partial charge in [0.1, 0.15) is 0 Å². The number of aliphatic hydroxyl groups excluding tert-OH is 1. The summed E-state index contributed by atoms with van der Waals surface area (Å²) in [6.45, 7) is -0.316. The molecule has 13 heavy (non-hydrogen) atoms. The number of rotatable bonds is 3. The predicted molar refractivity (Wildman–Crippen MR) is 41.7 cm³/mol. The van der Waals surface area contributed by atoms with Gasteiger partial charge in [0.15, 0.2) is 0 Å². The molecule has 1 N–H and O–H groups in total. The number of halogens is 2. The number of alkyl halides is 2. The van der Waals surface area contributed by atoms with E-state index in [1.54, 1.807) is 0 Å². The van der Waals surface area contributed by atoms with Crippen molar-refractivity contribution in [2.24, 2.45) is 0 Å². The molecule has 0 saturated carbocycles. The smallest absolute Gasteiger partial charge is 0.350 e. The van der Waals surface area contributed by atoms with Gasteiger partial charge < -0.3 is 5.11 Å². The van der Waals surface area contributed by atoms with Crippen LogP contribution in [0.2, 0.25) is 0 Å². The van der Waals surface area contributed by atoms with E-state index in [1.807, 2.05) is 0 Å². The van der Waals surface area contributed by atoms with Crippen molar-refractivity contribution >= 4 is 10.0 Å². The maximum absolute atomic E-state index is 12.1. The van der Waals surface area contributed by atoms with Crippen LogP contribution in [0, 0.1) is 0 Å². The first-order valence-corrected chi connectivity index (χ1v) is 5.40. The summed E-state index contributed by atoms with van der Waals surface area (Å²) in [5.41, 5.74) is 0. The lowest BCUT2D eigenvalue weighted by Gasteiger charge is -2.21. The summed E-state index contributed by atoms with van der Waals surface area (Å²) in [4.78, 5) is 0. The molecule has 0 unspecified atom stereocenters. The Kier molecular flexibility index (Phi) is 3.20. The maximum atomic E-state index is 12.1. The Balaban J connectivity index is 2.82. The van der Waals surface area contributed by atoms with E-state index in [1.165, 1.54) is 0 Å². The third-order valence-corrected chi connectivity index (χ3v) is 3.67. The van der Waals surface area contributed by atoms with E-state index in [0.29, 0.717) is 17.1 Å². The molecule has 0 aromatic heterocycles. The number of nitrogens with zero attached hydrogens (tertiary/aromatic N) is 1. The Morgan fingerprint density at radius 3 is 2.62 bits per heavy atom. The van der Waals surface area contributed by atoms with Crippen molar-refractivity contribution in [3.05, 3.63) is 0 Å². The third kappa shape index (κ3) is 1.97. The molecule has 0 spiro atoms. The van der Waals surface area contributed by atoms with E-state index in [2.05, 4.69) is 0 Å². The molecular formula is C6H11F2NO3S. The van der Waals surface area contributed by atoms with Crippen LogP contribution in [0.15, 0.2) is 0 Å². The van der Waals surface area contributed by atoms with Gasteiger partial charge in [-0.3, -0.25) is 0 Å². The molecule has 1 saturated heterocycles. The second-order valence-electron chi connectivity index (χ2n) is 2.89. The fourth-order valence-electron chi connectivity index (χ4n) is 1.43. The third-order valence-electron chi connectivity index (χ3n) is 2.09. The van der Waals surface area contributed by atoms with Gasteiger partial charge in [-0.15, -0.1) is 0 Å². The molecule has 0 bridgehead atoms. The van der Waals surface area contributed by atoms with Crippen molar-refractivity contribution in [3.63, 3.8) is 0 Å². The van der Waals surface area contributed by atoms with Crippen LogP contribution in [0.4, 0.5) is 8.78 Å². The van der Waals surface area contributed by atoms with Crippen LogP contribution in [0.1, 0.15) is 12.8 Å². The van der Waals surface area contributed by atoms with Crippen LogP contribution in [0.25, 0.3) is 0 Å². The second kappa shape index (κ2) is 3.85. The van der Waals surface area contributed by atoms with Crippen LogP contribution in [0.5, 0.6) is 0 Å². The van der Waals surface area contributed by atoms with Crippen molar-refractivity contribution < 1.29 is 22.3 Å². The Labute approximate surface area is 75.2 Å². The van der Waals surface area contributed by atoms with Crippen molar-refractivity contribution in [2.45, 2.75) is 24.6 Å². The number of hydrogen-bond donors (Lipinski definition) is 1. The molecule has 0 radical (unpaired) electrons. The van der Waals surface area contributed by atoms with E-state index in [4.69, 9.17) is 5.11 Å². The van der Waals surface area contributed by atoms with Gasteiger partial charge >= 0.3 is 5.76 Å². The highest BCUT2D eigenvalue weighted by molar-refractivity contribution is 7.89. The van der Waals surface area contributed by atoms with Gasteiger partial charge in [-0.1, -0.05) is 0 Å². The monoisotopic (exact) mass is 215 g/mol. The summed E-state index contributed by atoms with van der Waals surface area (Å²) >= 11 is 0. The lowest BCUT2D eigenvalue weighted by Crippen LogP contribution is -2.40. The fourth-order valence-corrected chi connectivity index (χ4v) is 2.60. The molecule has 1 heterocycles. The molecule has 4 nitrogen and oxygen atoms in total. The average molecular weight is 215 g/mol. The molecule has 0 amide bonds. The topological polar surface area (TPSA) is 57.6 Å². The number of hydrogen-bond acceptors (Lipinski definition) is 3. The van der Waals surface area contributed by atoms with Gasteiger partial charge in [0.2, 0.25) is 0 Å². The Bertz CT molecular complexity index is 267. The normalized spacial score (nSPS) is 25.7. The molecule has 0 aliphatic carbocycles. The van der Waals surface area contributed by atoms with Crippen molar-refractivity contribution in [1.29, 1.82) is 0 Å². The van der Waals surface area contributed by atoms with Gasteiger partial charge in [-0.2, -0.15) is 13.1 Å². The van der Waals surface area contributed by atoms with Crippen molar-refractivity contribution in [1.82, 2.24) is 4.31 Å². The van der Waals surface area contributed by atoms with Crippen molar-refractivity contribution in [2.75, 3.05) is 13.2 Å². The molecule has 1 aliphatic heterocycles. The SMILES string of the molecule is O=S(=O)(C(F)F)N1CCC[C@@H]1CO. The molecule has 1 aliphatic rings. The number of sulfonamides is 1. The van der Waals surface area contributed by atoms with Gasteiger partial charge in [-0.05, 0) is 12.8 Å². The van der Waals surface area contributed by atoms with Crippen molar-refractivity contribution in [3.8, 4) is 0 Å². The molecule has 1 atom stereocenters. The van der Waals surface area contributed by atoms with Gasteiger partial charge in [-0.25, -0.2) is 8.42 Å². The quantitative estimate of drug-likeness (QED) is 0.720. The Hall–Kier alpha value is -0.270. The number of aliphatic hydroxyl groups is 1. The van der Waals surface area contributed by atoms with Crippen LogP contribution in [-0.4, -0.2) is 42.8 Å². The van der Waals surface area contributed by atoms with Gasteiger partial charge in [0, 0.05) is 12.6 Å². The first-order chi connectivity index (χ1) is 6.00. The first kappa shape index (κ1) is 10.8. The highest BCUT2D eigenvalue weighted by atomic mass is 32.2. The molecule has 0 aromatic rings. The lowest BCUT2D eigenvalue weighted by molar-refractivity contribution is 0.188. The maximum Gasteiger partial charge on any atom is 0.350 e. The fraction of sp³-hybridized carbons (Fsp3) is 1.00. The van der Waals surface area contributed by atoms with E-state index in [-0.39, 0.29) is 6.54 Å². The van der Waals surface area contributed by atoms with Crippen LogP contribution >= 0.6 is 0 Å².